The van der Waals surface area contributed by atoms with Gasteiger partial charge < -0.3 is 15.5 Å². The summed E-state index contributed by atoms with van der Waals surface area (Å²) in [7, 11) is 0. The molecule has 0 amide bonds. The molecule has 0 aromatic carbocycles. The first-order valence-corrected chi connectivity index (χ1v) is 11.9. The average Bonchev–Trinajstić information content (AvgIpc) is 2.60. The Kier molecular flexibility index (Phi) is 7.55. The molecule has 0 spiro atoms. The van der Waals surface area contributed by atoms with Gasteiger partial charge in [0.15, 0.2) is 5.11 Å². The van der Waals surface area contributed by atoms with Crippen LogP contribution in [-0.2, 0) is 6.54 Å². The summed E-state index contributed by atoms with van der Waals surface area (Å²) >= 11 is 6.04. The van der Waals surface area contributed by atoms with E-state index >= 15 is 0 Å². The molecular weight excluding hydrogens is 376 g/mol. The minimum absolute atomic E-state index is 0.0960. The Hall–Kier alpha value is -1.20. The SMILES string of the molecule is CC1(C)CC(N(Cc2ccncc2)C(=S)NC2CCCCCCC2)CC(C)(C)N1. The molecule has 2 N–H and O–H groups in total. The summed E-state index contributed by atoms with van der Waals surface area (Å²) in [4.78, 5) is 6.66. The van der Waals surface area contributed by atoms with E-state index in [4.69, 9.17) is 12.2 Å². The van der Waals surface area contributed by atoms with E-state index < -0.39 is 0 Å². The lowest BCUT2D eigenvalue weighted by Gasteiger charge is -2.50. The lowest BCUT2D eigenvalue weighted by molar-refractivity contribution is 0.0990. The molecule has 1 saturated heterocycles. The summed E-state index contributed by atoms with van der Waals surface area (Å²) < 4.78 is 0. The number of nitrogens with one attached hydrogen (secondary N) is 2. The second-order valence-corrected chi connectivity index (χ2v) is 10.8. The maximum Gasteiger partial charge on any atom is 0.169 e. The van der Waals surface area contributed by atoms with E-state index in [2.05, 4.69) is 60.3 Å². The Morgan fingerprint density at radius 1 is 1.03 bits per heavy atom. The van der Waals surface area contributed by atoms with Crippen LogP contribution in [0, 0.1) is 0 Å². The van der Waals surface area contributed by atoms with E-state index in [1.165, 1.54) is 50.5 Å². The van der Waals surface area contributed by atoms with Crippen LogP contribution in [0.25, 0.3) is 0 Å². The molecule has 1 saturated carbocycles. The standard InChI is InChI=1S/C24H40N4S/c1-23(2)16-21(17-24(3,4)27-23)28(18-19-12-14-25-15-13-19)22(29)26-20-10-8-6-5-7-9-11-20/h12-15,20-21,27H,5-11,16-18H2,1-4H3,(H,26,29). The maximum atomic E-state index is 6.04. The molecule has 1 aromatic rings. The highest BCUT2D eigenvalue weighted by molar-refractivity contribution is 7.80. The largest absolute Gasteiger partial charge is 0.360 e. The molecule has 2 heterocycles. The number of pyridine rings is 1. The van der Waals surface area contributed by atoms with Gasteiger partial charge in [0, 0.05) is 42.1 Å². The Bertz CT molecular complexity index is 634. The first-order valence-electron chi connectivity index (χ1n) is 11.5. The molecule has 1 aliphatic heterocycles. The Morgan fingerprint density at radius 3 is 2.17 bits per heavy atom. The lowest BCUT2D eigenvalue weighted by Crippen LogP contribution is -2.63. The topological polar surface area (TPSA) is 40.2 Å². The van der Waals surface area contributed by atoms with Gasteiger partial charge in [-0.3, -0.25) is 4.98 Å². The van der Waals surface area contributed by atoms with Crippen molar-refractivity contribution in [1.82, 2.24) is 20.5 Å². The van der Waals surface area contributed by atoms with Crippen LogP contribution in [0.5, 0.6) is 0 Å². The van der Waals surface area contributed by atoms with Gasteiger partial charge in [-0.1, -0.05) is 32.1 Å². The zero-order valence-corrected chi connectivity index (χ0v) is 19.7. The van der Waals surface area contributed by atoms with Crippen molar-refractivity contribution in [2.75, 3.05) is 0 Å². The Labute approximate surface area is 183 Å². The predicted molar refractivity (Wildman–Crippen MR) is 126 cm³/mol. The van der Waals surface area contributed by atoms with E-state index in [1.54, 1.807) is 0 Å². The summed E-state index contributed by atoms with van der Waals surface area (Å²) in [5.74, 6) is 0. The van der Waals surface area contributed by atoms with Crippen LogP contribution in [0.2, 0.25) is 0 Å². The molecule has 4 nitrogen and oxygen atoms in total. The van der Waals surface area contributed by atoms with Crippen LogP contribution < -0.4 is 10.6 Å². The minimum atomic E-state index is 0.0960. The third-order valence-corrected chi connectivity index (χ3v) is 6.76. The third kappa shape index (κ3) is 6.92. The molecule has 0 atom stereocenters. The van der Waals surface area contributed by atoms with E-state index in [-0.39, 0.29) is 11.1 Å². The monoisotopic (exact) mass is 416 g/mol. The van der Waals surface area contributed by atoms with Gasteiger partial charge in [-0.05, 0) is 83.3 Å². The fourth-order valence-corrected chi connectivity index (χ4v) is 5.78. The number of nitrogens with zero attached hydrogens (tertiary/aromatic N) is 2. The quantitative estimate of drug-likeness (QED) is 0.662. The fraction of sp³-hybridized carbons (Fsp3) is 0.750. The van der Waals surface area contributed by atoms with Gasteiger partial charge in [-0.15, -0.1) is 0 Å². The number of aromatic nitrogens is 1. The zero-order chi connectivity index (χ0) is 20.9. The zero-order valence-electron chi connectivity index (χ0n) is 18.8. The van der Waals surface area contributed by atoms with E-state index in [9.17, 15) is 0 Å². The van der Waals surface area contributed by atoms with Crippen LogP contribution in [0.3, 0.4) is 0 Å². The number of thiocarbonyl (C=S) groups is 1. The van der Waals surface area contributed by atoms with Crippen molar-refractivity contribution in [3.05, 3.63) is 30.1 Å². The van der Waals surface area contributed by atoms with E-state index in [0.717, 1.165) is 24.5 Å². The third-order valence-electron chi connectivity index (χ3n) is 6.41. The molecule has 1 aromatic heterocycles. The Balaban J connectivity index is 1.77. The summed E-state index contributed by atoms with van der Waals surface area (Å²) in [6, 6.07) is 5.17. The smallest absolute Gasteiger partial charge is 0.169 e. The van der Waals surface area contributed by atoms with Crippen LogP contribution >= 0.6 is 12.2 Å². The number of piperidine rings is 1. The highest BCUT2D eigenvalue weighted by atomic mass is 32.1. The molecule has 2 fully saturated rings. The molecule has 162 valence electrons. The van der Waals surface area contributed by atoms with Gasteiger partial charge >= 0.3 is 0 Å². The highest BCUT2D eigenvalue weighted by Gasteiger charge is 2.40. The van der Waals surface area contributed by atoms with Gasteiger partial charge in [0.05, 0.1) is 0 Å². The van der Waals surface area contributed by atoms with Crippen molar-refractivity contribution in [2.45, 2.75) is 115 Å². The van der Waals surface area contributed by atoms with Gasteiger partial charge in [0.25, 0.3) is 0 Å². The molecule has 2 aliphatic rings. The van der Waals surface area contributed by atoms with Gasteiger partial charge in [0.2, 0.25) is 0 Å². The lowest BCUT2D eigenvalue weighted by atomic mass is 9.79. The summed E-state index contributed by atoms with van der Waals surface area (Å²) in [5.41, 5.74) is 1.47. The second-order valence-electron chi connectivity index (χ2n) is 10.4. The molecule has 29 heavy (non-hydrogen) atoms. The van der Waals surface area contributed by atoms with Crippen molar-refractivity contribution in [3.63, 3.8) is 0 Å². The second kappa shape index (κ2) is 9.74. The first kappa shape index (κ1) is 22.5. The molecule has 0 unspecified atom stereocenters. The minimum Gasteiger partial charge on any atom is -0.360 e. The maximum absolute atomic E-state index is 6.04. The molecule has 5 heteroatoms. The molecule has 0 bridgehead atoms. The van der Waals surface area contributed by atoms with Gasteiger partial charge in [0.1, 0.15) is 0 Å². The highest BCUT2D eigenvalue weighted by Crippen LogP contribution is 2.32. The molecular formula is C24H40N4S. The van der Waals surface area contributed by atoms with Crippen molar-refractivity contribution in [2.24, 2.45) is 0 Å². The van der Waals surface area contributed by atoms with Crippen LogP contribution in [0.1, 0.15) is 91.0 Å². The number of rotatable bonds is 4. The van der Waals surface area contributed by atoms with Crippen LogP contribution in [0.15, 0.2) is 24.5 Å². The average molecular weight is 417 g/mol. The molecule has 0 radical (unpaired) electrons. The first-order chi connectivity index (χ1) is 13.7. The number of hydrogen-bond donors (Lipinski definition) is 2. The van der Waals surface area contributed by atoms with Crippen LogP contribution in [-0.4, -0.2) is 38.2 Å². The van der Waals surface area contributed by atoms with E-state index in [0.29, 0.717) is 12.1 Å². The summed E-state index contributed by atoms with van der Waals surface area (Å²) in [6.07, 6.45) is 15.2. The van der Waals surface area contributed by atoms with Crippen molar-refractivity contribution >= 4 is 17.3 Å². The molecule has 3 rings (SSSR count). The summed E-state index contributed by atoms with van der Waals surface area (Å²) in [6.45, 7) is 10.1. The Morgan fingerprint density at radius 2 is 1.59 bits per heavy atom. The van der Waals surface area contributed by atoms with Gasteiger partial charge in [-0.25, -0.2) is 0 Å². The normalized spacial score (nSPS) is 23.0. The predicted octanol–water partition coefficient (Wildman–Crippen LogP) is 5.18. The fourth-order valence-electron chi connectivity index (χ4n) is 5.40. The van der Waals surface area contributed by atoms with Crippen molar-refractivity contribution in [3.8, 4) is 0 Å². The van der Waals surface area contributed by atoms with E-state index in [1.807, 2.05) is 12.4 Å². The van der Waals surface area contributed by atoms with Gasteiger partial charge in [-0.2, -0.15) is 0 Å². The van der Waals surface area contributed by atoms with Crippen molar-refractivity contribution in [1.29, 1.82) is 0 Å². The van der Waals surface area contributed by atoms with Crippen LogP contribution in [0.4, 0.5) is 0 Å². The summed E-state index contributed by atoms with van der Waals surface area (Å²) in [5, 5.41) is 8.53. The molecule has 1 aliphatic carbocycles. The van der Waals surface area contributed by atoms with Crippen molar-refractivity contribution < 1.29 is 0 Å². The number of hydrogen-bond acceptors (Lipinski definition) is 3.